The van der Waals surface area contributed by atoms with Crippen molar-refractivity contribution < 1.29 is 17.5 Å². The summed E-state index contributed by atoms with van der Waals surface area (Å²) in [6.07, 6.45) is 1.97. The SMILES string of the molecule is COc1ccc(F)cc1S(=O)(=O)N[C@@H](C)c1ccc(SC)cc1. The van der Waals surface area contributed by atoms with Crippen LogP contribution in [0.15, 0.2) is 52.3 Å². The predicted molar refractivity (Wildman–Crippen MR) is 89.9 cm³/mol. The zero-order valence-corrected chi connectivity index (χ0v) is 14.7. The first-order chi connectivity index (χ1) is 10.9. The van der Waals surface area contributed by atoms with Crippen molar-refractivity contribution in [3.63, 3.8) is 0 Å². The van der Waals surface area contributed by atoms with Crippen molar-refractivity contribution >= 4 is 21.8 Å². The average Bonchev–Trinajstić information content (AvgIpc) is 2.54. The molecule has 2 rings (SSSR count). The molecule has 0 spiro atoms. The van der Waals surface area contributed by atoms with Gasteiger partial charge in [0.1, 0.15) is 16.5 Å². The van der Waals surface area contributed by atoms with Crippen molar-refractivity contribution in [1.82, 2.24) is 4.72 Å². The smallest absolute Gasteiger partial charge is 0.244 e. The second-order valence-corrected chi connectivity index (χ2v) is 7.47. The fourth-order valence-electron chi connectivity index (χ4n) is 2.12. The second kappa shape index (κ2) is 7.33. The minimum absolute atomic E-state index is 0.101. The third-order valence-electron chi connectivity index (χ3n) is 3.36. The lowest BCUT2D eigenvalue weighted by atomic mass is 10.1. The Kier molecular flexibility index (Phi) is 5.67. The molecule has 0 aliphatic rings. The predicted octanol–water partition coefficient (Wildman–Crippen LogP) is 3.60. The molecule has 1 atom stereocenters. The average molecular weight is 355 g/mol. The van der Waals surface area contributed by atoms with Gasteiger partial charge >= 0.3 is 0 Å². The van der Waals surface area contributed by atoms with Crippen molar-refractivity contribution in [2.75, 3.05) is 13.4 Å². The summed E-state index contributed by atoms with van der Waals surface area (Å²) in [7, 11) is -2.56. The van der Waals surface area contributed by atoms with Gasteiger partial charge in [0.05, 0.1) is 7.11 Å². The minimum atomic E-state index is -3.91. The van der Waals surface area contributed by atoms with Crippen molar-refractivity contribution in [1.29, 1.82) is 0 Å². The van der Waals surface area contributed by atoms with E-state index in [1.807, 2.05) is 30.5 Å². The molecule has 23 heavy (non-hydrogen) atoms. The maximum absolute atomic E-state index is 13.4. The normalized spacial score (nSPS) is 12.9. The molecule has 0 amide bonds. The first kappa shape index (κ1) is 17.8. The van der Waals surface area contributed by atoms with Crippen LogP contribution < -0.4 is 9.46 Å². The van der Waals surface area contributed by atoms with E-state index in [9.17, 15) is 12.8 Å². The molecule has 1 N–H and O–H groups in total. The maximum atomic E-state index is 13.4. The molecule has 7 heteroatoms. The van der Waals surface area contributed by atoms with Crippen LogP contribution in [0.25, 0.3) is 0 Å². The van der Waals surface area contributed by atoms with Gasteiger partial charge in [-0.3, -0.25) is 0 Å². The van der Waals surface area contributed by atoms with Gasteiger partial charge in [0.25, 0.3) is 0 Å². The maximum Gasteiger partial charge on any atom is 0.244 e. The number of hydrogen-bond donors (Lipinski definition) is 1. The summed E-state index contributed by atoms with van der Waals surface area (Å²) in [5, 5.41) is 0. The first-order valence-electron chi connectivity index (χ1n) is 6.87. The first-order valence-corrected chi connectivity index (χ1v) is 9.58. The van der Waals surface area contributed by atoms with Crippen molar-refractivity contribution in [2.45, 2.75) is 22.8 Å². The Hall–Kier alpha value is -1.57. The Labute approximate surface area is 140 Å². The lowest BCUT2D eigenvalue weighted by Crippen LogP contribution is -2.27. The van der Waals surface area contributed by atoms with Gasteiger partial charge in [-0.05, 0) is 49.1 Å². The molecule has 0 aliphatic carbocycles. The van der Waals surface area contributed by atoms with Crippen molar-refractivity contribution in [2.24, 2.45) is 0 Å². The fourth-order valence-corrected chi connectivity index (χ4v) is 3.94. The standard InChI is InChI=1S/C16H18FNO3S2/c1-11(12-4-7-14(22-3)8-5-12)18-23(19,20)16-10-13(17)6-9-15(16)21-2/h4-11,18H,1-3H3/t11-/m0/s1. The monoisotopic (exact) mass is 355 g/mol. The Morgan fingerprint density at radius 1 is 1.17 bits per heavy atom. The highest BCUT2D eigenvalue weighted by molar-refractivity contribution is 7.98. The zero-order chi connectivity index (χ0) is 17.0. The molecular formula is C16H18FNO3S2. The van der Waals surface area contributed by atoms with Gasteiger partial charge in [-0.1, -0.05) is 12.1 Å². The van der Waals surface area contributed by atoms with Crippen LogP contribution in [0.1, 0.15) is 18.5 Å². The molecule has 0 heterocycles. The van der Waals surface area contributed by atoms with Crippen LogP contribution in [0.5, 0.6) is 5.75 Å². The fraction of sp³-hybridized carbons (Fsp3) is 0.250. The van der Waals surface area contributed by atoms with E-state index >= 15 is 0 Å². The Morgan fingerprint density at radius 2 is 1.83 bits per heavy atom. The van der Waals surface area contributed by atoms with Crippen LogP contribution in [0.2, 0.25) is 0 Å². The summed E-state index contributed by atoms with van der Waals surface area (Å²) in [5.41, 5.74) is 0.821. The van der Waals surface area contributed by atoms with Gasteiger partial charge in [-0.2, -0.15) is 0 Å². The van der Waals surface area contributed by atoms with Gasteiger partial charge in [0, 0.05) is 10.9 Å². The molecule has 2 aromatic carbocycles. The summed E-state index contributed by atoms with van der Waals surface area (Å²) >= 11 is 1.61. The molecule has 0 fully saturated rings. The summed E-state index contributed by atoms with van der Waals surface area (Å²) in [4.78, 5) is 0.878. The number of thioether (sulfide) groups is 1. The molecule has 0 radical (unpaired) electrons. The molecule has 0 saturated heterocycles. The molecule has 124 valence electrons. The molecular weight excluding hydrogens is 337 g/mol. The summed E-state index contributed by atoms with van der Waals surface area (Å²) in [6, 6.07) is 10.5. The van der Waals surface area contributed by atoms with Crippen LogP contribution in [0.4, 0.5) is 4.39 Å². The summed E-state index contributed by atoms with van der Waals surface area (Å²) in [5.74, 6) is -0.535. The van der Waals surface area contributed by atoms with E-state index in [0.29, 0.717) is 0 Å². The third kappa shape index (κ3) is 4.25. The summed E-state index contributed by atoms with van der Waals surface area (Å²) in [6.45, 7) is 1.73. The highest BCUT2D eigenvalue weighted by atomic mass is 32.2. The van der Waals surface area contributed by atoms with E-state index in [4.69, 9.17) is 4.74 Å². The van der Waals surface area contributed by atoms with E-state index in [0.717, 1.165) is 22.6 Å². The second-order valence-electron chi connectivity index (χ2n) is 4.91. The van der Waals surface area contributed by atoms with Crippen molar-refractivity contribution in [3.05, 3.63) is 53.8 Å². The largest absolute Gasteiger partial charge is 0.495 e. The van der Waals surface area contributed by atoms with Crippen LogP contribution in [-0.4, -0.2) is 21.8 Å². The van der Waals surface area contributed by atoms with E-state index in [-0.39, 0.29) is 10.6 Å². The van der Waals surface area contributed by atoms with E-state index in [1.54, 1.807) is 18.7 Å². The molecule has 4 nitrogen and oxygen atoms in total. The highest BCUT2D eigenvalue weighted by Crippen LogP contribution is 2.26. The van der Waals surface area contributed by atoms with Crippen LogP contribution >= 0.6 is 11.8 Å². The highest BCUT2D eigenvalue weighted by Gasteiger charge is 2.23. The topological polar surface area (TPSA) is 55.4 Å². The Morgan fingerprint density at radius 3 is 2.39 bits per heavy atom. The number of benzene rings is 2. The lowest BCUT2D eigenvalue weighted by molar-refractivity contribution is 0.400. The van der Waals surface area contributed by atoms with Crippen LogP contribution in [-0.2, 0) is 10.0 Å². The molecule has 2 aromatic rings. The summed E-state index contributed by atoms with van der Waals surface area (Å²) < 4.78 is 46.0. The zero-order valence-electron chi connectivity index (χ0n) is 13.0. The molecule has 0 bridgehead atoms. The minimum Gasteiger partial charge on any atom is -0.495 e. The van der Waals surface area contributed by atoms with E-state index in [1.165, 1.54) is 13.2 Å². The number of methoxy groups -OCH3 is 1. The van der Waals surface area contributed by atoms with Gasteiger partial charge < -0.3 is 4.74 Å². The third-order valence-corrected chi connectivity index (χ3v) is 5.67. The number of sulfonamides is 1. The van der Waals surface area contributed by atoms with Gasteiger partial charge in [0.15, 0.2) is 0 Å². The Bertz CT molecular complexity index is 776. The van der Waals surface area contributed by atoms with Gasteiger partial charge in [0.2, 0.25) is 10.0 Å². The van der Waals surface area contributed by atoms with E-state index < -0.39 is 21.9 Å². The molecule has 0 aliphatic heterocycles. The number of rotatable bonds is 6. The number of halogens is 1. The van der Waals surface area contributed by atoms with Gasteiger partial charge in [-0.15, -0.1) is 11.8 Å². The van der Waals surface area contributed by atoms with Crippen molar-refractivity contribution in [3.8, 4) is 5.75 Å². The molecule has 0 unspecified atom stereocenters. The number of hydrogen-bond acceptors (Lipinski definition) is 4. The number of ether oxygens (including phenoxy) is 1. The number of nitrogens with one attached hydrogen (secondary N) is 1. The van der Waals surface area contributed by atoms with Crippen LogP contribution in [0.3, 0.4) is 0 Å². The molecule has 0 aromatic heterocycles. The lowest BCUT2D eigenvalue weighted by Gasteiger charge is -2.16. The van der Waals surface area contributed by atoms with E-state index in [2.05, 4.69) is 4.72 Å². The van der Waals surface area contributed by atoms with Gasteiger partial charge in [-0.25, -0.2) is 17.5 Å². The Balaban J connectivity index is 2.28. The van der Waals surface area contributed by atoms with Crippen LogP contribution in [0, 0.1) is 5.82 Å². The quantitative estimate of drug-likeness (QED) is 0.805. The molecule has 0 saturated carbocycles.